The quantitative estimate of drug-likeness (QED) is 0.855. The van der Waals surface area contributed by atoms with Crippen molar-refractivity contribution in [2.24, 2.45) is 0 Å². The Morgan fingerprint density at radius 2 is 2.20 bits per heavy atom. The summed E-state index contributed by atoms with van der Waals surface area (Å²) in [4.78, 5) is 15.8. The SMILES string of the molecule is CN(C)CC1CC(O)CN1C(=O)c1ccc(O)cc1F. The zero-order valence-electron chi connectivity index (χ0n) is 11.6. The Kier molecular flexibility index (Phi) is 4.25. The van der Waals surface area contributed by atoms with Gasteiger partial charge in [0.1, 0.15) is 11.6 Å². The van der Waals surface area contributed by atoms with E-state index in [1.807, 2.05) is 19.0 Å². The highest BCUT2D eigenvalue weighted by Crippen LogP contribution is 2.23. The average molecular weight is 282 g/mol. The highest BCUT2D eigenvalue weighted by molar-refractivity contribution is 5.95. The number of aliphatic hydroxyl groups is 1. The molecular formula is C14H19FN2O3. The molecule has 2 unspecified atom stereocenters. The molecule has 1 aliphatic heterocycles. The van der Waals surface area contributed by atoms with E-state index in [2.05, 4.69) is 0 Å². The van der Waals surface area contributed by atoms with Gasteiger partial charge in [-0.1, -0.05) is 0 Å². The highest BCUT2D eigenvalue weighted by atomic mass is 19.1. The van der Waals surface area contributed by atoms with Crippen LogP contribution in [0.25, 0.3) is 0 Å². The number of hydrogen-bond donors (Lipinski definition) is 2. The summed E-state index contributed by atoms with van der Waals surface area (Å²) in [5.74, 6) is -1.42. The van der Waals surface area contributed by atoms with Crippen molar-refractivity contribution in [1.82, 2.24) is 9.80 Å². The van der Waals surface area contributed by atoms with E-state index in [-0.39, 0.29) is 23.9 Å². The number of hydrogen-bond acceptors (Lipinski definition) is 4. The van der Waals surface area contributed by atoms with Crippen molar-refractivity contribution >= 4 is 5.91 Å². The fraction of sp³-hybridized carbons (Fsp3) is 0.500. The first-order chi connectivity index (χ1) is 9.38. The third-order valence-electron chi connectivity index (χ3n) is 3.41. The number of aliphatic hydroxyl groups excluding tert-OH is 1. The smallest absolute Gasteiger partial charge is 0.257 e. The fourth-order valence-corrected chi connectivity index (χ4v) is 2.57. The normalized spacial score (nSPS) is 22.6. The van der Waals surface area contributed by atoms with Crippen molar-refractivity contribution in [3.05, 3.63) is 29.6 Å². The molecule has 2 N–H and O–H groups in total. The first-order valence-electron chi connectivity index (χ1n) is 6.50. The number of likely N-dealkylation sites (N-methyl/N-ethyl adjacent to an activating group) is 1. The van der Waals surface area contributed by atoms with Gasteiger partial charge in [-0.2, -0.15) is 0 Å². The first kappa shape index (κ1) is 14.7. The molecule has 1 heterocycles. The molecule has 0 bridgehead atoms. The molecular weight excluding hydrogens is 263 g/mol. The van der Waals surface area contributed by atoms with Gasteiger partial charge in [0.15, 0.2) is 0 Å². The summed E-state index contributed by atoms with van der Waals surface area (Å²) >= 11 is 0. The van der Waals surface area contributed by atoms with E-state index in [0.29, 0.717) is 13.0 Å². The van der Waals surface area contributed by atoms with Crippen LogP contribution in [-0.4, -0.2) is 65.3 Å². The van der Waals surface area contributed by atoms with E-state index in [1.54, 1.807) is 0 Å². The molecule has 1 aromatic rings. The molecule has 1 aliphatic rings. The fourth-order valence-electron chi connectivity index (χ4n) is 2.57. The van der Waals surface area contributed by atoms with Crippen LogP contribution in [0.5, 0.6) is 5.75 Å². The number of phenolic OH excluding ortho intramolecular Hbond substituents is 1. The monoisotopic (exact) mass is 282 g/mol. The van der Waals surface area contributed by atoms with Gasteiger partial charge in [-0.15, -0.1) is 0 Å². The van der Waals surface area contributed by atoms with E-state index < -0.39 is 17.8 Å². The van der Waals surface area contributed by atoms with Gasteiger partial charge in [-0.05, 0) is 32.6 Å². The number of halogens is 1. The zero-order chi connectivity index (χ0) is 14.9. The summed E-state index contributed by atoms with van der Waals surface area (Å²) in [6, 6.07) is 3.33. The summed E-state index contributed by atoms with van der Waals surface area (Å²) in [5.41, 5.74) is -0.0827. The maximum Gasteiger partial charge on any atom is 0.257 e. The Hall–Kier alpha value is -1.66. The van der Waals surface area contributed by atoms with E-state index in [1.165, 1.54) is 17.0 Å². The Morgan fingerprint density at radius 3 is 2.80 bits per heavy atom. The van der Waals surface area contributed by atoms with Gasteiger partial charge in [-0.3, -0.25) is 4.79 Å². The highest BCUT2D eigenvalue weighted by Gasteiger charge is 2.35. The lowest BCUT2D eigenvalue weighted by Gasteiger charge is -2.27. The van der Waals surface area contributed by atoms with Crippen LogP contribution in [-0.2, 0) is 0 Å². The van der Waals surface area contributed by atoms with Gasteiger partial charge in [0.25, 0.3) is 5.91 Å². The minimum atomic E-state index is -0.750. The van der Waals surface area contributed by atoms with Gasteiger partial charge >= 0.3 is 0 Å². The Morgan fingerprint density at radius 1 is 1.50 bits per heavy atom. The second-order valence-corrected chi connectivity index (χ2v) is 5.43. The predicted molar refractivity (Wildman–Crippen MR) is 72.1 cm³/mol. The standard InChI is InChI=1S/C14H19FN2O3/c1-16(2)7-9-5-11(19)8-17(9)14(20)12-4-3-10(18)6-13(12)15/h3-4,6,9,11,18-19H,5,7-8H2,1-2H3. The molecule has 1 aromatic carbocycles. The second kappa shape index (κ2) is 5.76. The van der Waals surface area contributed by atoms with Crippen molar-refractivity contribution < 1.29 is 19.4 Å². The van der Waals surface area contributed by atoms with Gasteiger partial charge in [0, 0.05) is 25.2 Å². The Balaban J connectivity index is 2.22. The molecule has 0 radical (unpaired) electrons. The number of carbonyl (C=O) groups excluding carboxylic acids is 1. The molecule has 2 rings (SSSR count). The number of aromatic hydroxyl groups is 1. The lowest BCUT2D eigenvalue weighted by atomic mass is 10.1. The van der Waals surface area contributed by atoms with E-state index in [9.17, 15) is 19.4 Å². The Bertz CT molecular complexity index is 507. The molecule has 20 heavy (non-hydrogen) atoms. The largest absolute Gasteiger partial charge is 0.508 e. The van der Waals surface area contributed by atoms with Gasteiger partial charge in [0.2, 0.25) is 0 Å². The molecule has 0 aliphatic carbocycles. The van der Waals surface area contributed by atoms with Crippen molar-refractivity contribution in [3.8, 4) is 5.75 Å². The number of rotatable bonds is 3. The molecule has 0 spiro atoms. The number of benzene rings is 1. The van der Waals surface area contributed by atoms with Crippen LogP contribution in [0.15, 0.2) is 18.2 Å². The number of nitrogens with zero attached hydrogens (tertiary/aromatic N) is 2. The van der Waals surface area contributed by atoms with Crippen LogP contribution < -0.4 is 0 Å². The van der Waals surface area contributed by atoms with Crippen LogP contribution in [0, 0.1) is 5.82 Å². The second-order valence-electron chi connectivity index (χ2n) is 5.43. The van der Waals surface area contributed by atoms with Crippen molar-refractivity contribution in [3.63, 3.8) is 0 Å². The number of β-amino-alcohol motifs (C(OH)–C–C–N with tert-alkyl or cyclic N) is 1. The van der Waals surface area contributed by atoms with E-state index in [4.69, 9.17) is 0 Å². The minimum Gasteiger partial charge on any atom is -0.508 e. The van der Waals surface area contributed by atoms with E-state index >= 15 is 0 Å². The maximum atomic E-state index is 13.8. The topological polar surface area (TPSA) is 64.0 Å². The molecule has 5 nitrogen and oxygen atoms in total. The molecule has 1 amide bonds. The lowest BCUT2D eigenvalue weighted by Crippen LogP contribution is -2.41. The van der Waals surface area contributed by atoms with E-state index in [0.717, 1.165) is 6.07 Å². The summed E-state index contributed by atoms with van der Waals surface area (Å²) in [7, 11) is 3.77. The van der Waals surface area contributed by atoms with Crippen LogP contribution in [0.2, 0.25) is 0 Å². The Labute approximate surface area is 117 Å². The predicted octanol–water partition coefficient (Wildman–Crippen LogP) is 0.668. The van der Waals surface area contributed by atoms with Gasteiger partial charge in [-0.25, -0.2) is 4.39 Å². The first-order valence-corrected chi connectivity index (χ1v) is 6.50. The molecule has 1 saturated heterocycles. The molecule has 6 heteroatoms. The summed E-state index contributed by atoms with van der Waals surface area (Å²) in [6.45, 7) is 0.820. The zero-order valence-corrected chi connectivity index (χ0v) is 11.6. The molecule has 2 atom stereocenters. The number of carbonyl (C=O) groups is 1. The number of amides is 1. The maximum absolute atomic E-state index is 13.8. The summed E-state index contributed by atoms with van der Waals surface area (Å²) in [5, 5.41) is 18.9. The third-order valence-corrected chi connectivity index (χ3v) is 3.41. The third kappa shape index (κ3) is 3.08. The van der Waals surface area contributed by atoms with Crippen LogP contribution in [0.4, 0.5) is 4.39 Å². The van der Waals surface area contributed by atoms with Crippen molar-refractivity contribution in [1.29, 1.82) is 0 Å². The lowest BCUT2D eigenvalue weighted by molar-refractivity contribution is 0.0694. The molecule has 1 fully saturated rings. The number of likely N-dealkylation sites (tertiary alicyclic amines) is 1. The van der Waals surface area contributed by atoms with Crippen molar-refractivity contribution in [2.75, 3.05) is 27.2 Å². The number of phenols is 1. The van der Waals surface area contributed by atoms with Crippen LogP contribution >= 0.6 is 0 Å². The molecule has 0 saturated carbocycles. The van der Waals surface area contributed by atoms with Gasteiger partial charge in [0.05, 0.1) is 11.7 Å². The van der Waals surface area contributed by atoms with Gasteiger partial charge < -0.3 is 20.0 Å². The minimum absolute atomic E-state index is 0.0827. The molecule has 0 aromatic heterocycles. The van der Waals surface area contributed by atoms with Crippen LogP contribution in [0.3, 0.4) is 0 Å². The van der Waals surface area contributed by atoms with Crippen molar-refractivity contribution in [2.45, 2.75) is 18.6 Å². The van der Waals surface area contributed by atoms with Crippen LogP contribution in [0.1, 0.15) is 16.8 Å². The average Bonchev–Trinajstić information content (AvgIpc) is 2.68. The summed E-state index contributed by atoms with van der Waals surface area (Å²) in [6.07, 6.45) is -0.0899. The summed E-state index contributed by atoms with van der Waals surface area (Å²) < 4.78 is 13.8. The molecule has 110 valence electrons.